The molecule has 0 spiro atoms. The summed E-state index contributed by atoms with van der Waals surface area (Å²) >= 11 is 0. The Morgan fingerprint density at radius 1 is 1.06 bits per heavy atom. The van der Waals surface area contributed by atoms with Crippen molar-refractivity contribution in [3.8, 4) is 5.75 Å². The van der Waals surface area contributed by atoms with Gasteiger partial charge in [-0.15, -0.1) is 0 Å². The van der Waals surface area contributed by atoms with Gasteiger partial charge in [0.1, 0.15) is 12.3 Å². The number of amides is 4. The van der Waals surface area contributed by atoms with E-state index in [1.165, 1.54) is 12.0 Å². The fourth-order valence-corrected chi connectivity index (χ4v) is 5.13. The van der Waals surface area contributed by atoms with E-state index in [0.717, 1.165) is 35.3 Å². The maximum atomic E-state index is 14.0. The summed E-state index contributed by atoms with van der Waals surface area (Å²) in [7, 11) is 1.49. The number of ketones is 1. The summed E-state index contributed by atoms with van der Waals surface area (Å²) in [5.41, 5.74) is 1.34. The van der Waals surface area contributed by atoms with Crippen LogP contribution in [-0.2, 0) is 20.9 Å². The number of hydrogen-bond acceptors (Lipinski definition) is 5. The number of anilines is 1. The first-order valence-electron chi connectivity index (χ1n) is 12.4. The minimum atomic E-state index is -1.56. The molecule has 8 nitrogen and oxygen atoms in total. The third-order valence-electron chi connectivity index (χ3n) is 7.21. The highest BCUT2D eigenvalue weighted by molar-refractivity contribution is 6.19. The summed E-state index contributed by atoms with van der Waals surface area (Å²) in [6.07, 6.45) is 3.99. The molecule has 1 unspecified atom stereocenters. The van der Waals surface area contributed by atoms with Gasteiger partial charge in [0, 0.05) is 12.0 Å². The van der Waals surface area contributed by atoms with Crippen LogP contribution in [0.1, 0.15) is 50.2 Å². The van der Waals surface area contributed by atoms with Crippen molar-refractivity contribution in [3.05, 3.63) is 59.7 Å². The van der Waals surface area contributed by atoms with Crippen LogP contribution in [0, 0.1) is 12.3 Å². The number of carbonyl (C=O) groups excluding carboxylic acids is 4. The Morgan fingerprint density at radius 3 is 2.42 bits per heavy atom. The molecule has 1 aliphatic carbocycles. The molecule has 4 rings (SSSR count). The summed E-state index contributed by atoms with van der Waals surface area (Å²) in [5, 5.41) is 2.77. The Hall–Kier alpha value is -3.68. The Labute approximate surface area is 211 Å². The van der Waals surface area contributed by atoms with E-state index in [-0.39, 0.29) is 13.1 Å². The van der Waals surface area contributed by atoms with Gasteiger partial charge in [-0.05, 0) is 43.0 Å². The van der Waals surface area contributed by atoms with Crippen molar-refractivity contribution >= 4 is 29.3 Å². The number of imide groups is 1. The largest absolute Gasteiger partial charge is 0.495 e. The lowest BCUT2D eigenvalue weighted by Gasteiger charge is -2.36. The number of hydrogen-bond donors (Lipinski definition) is 1. The number of aryl methyl sites for hydroxylation is 1. The molecule has 2 aromatic rings. The number of urea groups is 1. The van der Waals surface area contributed by atoms with Crippen LogP contribution in [0.3, 0.4) is 0 Å². The van der Waals surface area contributed by atoms with Gasteiger partial charge in [-0.25, -0.2) is 9.69 Å². The maximum absolute atomic E-state index is 14.0. The van der Waals surface area contributed by atoms with Crippen LogP contribution in [0.2, 0.25) is 0 Å². The zero-order valence-corrected chi connectivity index (χ0v) is 21.1. The lowest BCUT2D eigenvalue weighted by atomic mass is 9.70. The lowest BCUT2D eigenvalue weighted by molar-refractivity contribution is -0.144. The second-order valence-electron chi connectivity index (χ2n) is 9.97. The lowest BCUT2D eigenvalue weighted by Crippen LogP contribution is -2.56. The highest BCUT2D eigenvalue weighted by Gasteiger charge is 2.51. The molecule has 1 heterocycles. The van der Waals surface area contributed by atoms with Gasteiger partial charge in [0.15, 0.2) is 11.8 Å². The number of benzene rings is 2. The number of nitrogens with zero attached hydrogens (tertiary/aromatic N) is 2. The smallest absolute Gasteiger partial charge is 0.328 e. The van der Waals surface area contributed by atoms with E-state index in [2.05, 4.69) is 5.32 Å². The molecule has 0 aromatic heterocycles. The molecule has 1 aliphatic heterocycles. The molecule has 1 saturated heterocycles. The van der Waals surface area contributed by atoms with Crippen molar-refractivity contribution in [2.75, 3.05) is 19.0 Å². The molecule has 0 bridgehead atoms. The molecule has 1 atom stereocenters. The zero-order chi connectivity index (χ0) is 25.9. The fourth-order valence-electron chi connectivity index (χ4n) is 5.13. The molecule has 2 fully saturated rings. The van der Waals surface area contributed by atoms with E-state index in [1.807, 2.05) is 50.2 Å². The number of ether oxygens (including phenoxy) is 1. The molecular formula is C28H33N3O5. The Balaban J connectivity index is 1.67. The van der Waals surface area contributed by atoms with Crippen LogP contribution >= 0.6 is 0 Å². The van der Waals surface area contributed by atoms with Gasteiger partial charge in [-0.2, -0.15) is 0 Å². The first-order chi connectivity index (χ1) is 17.2. The molecule has 36 heavy (non-hydrogen) atoms. The third-order valence-corrected chi connectivity index (χ3v) is 7.21. The molecule has 2 aromatic carbocycles. The number of nitrogens with one attached hydrogen (secondary N) is 1. The van der Waals surface area contributed by atoms with Crippen LogP contribution < -0.4 is 10.1 Å². The molecule has 2 aliphatic rings. The van der Waals surface area contributed by atoms with E-state index < -0.39 is 35.1 Å². The quantitative estimate of drug-likeness (QED) is 0.438. The second-order valence-corrected chi connectivity index (χ2v) is 9.97. The van der Waals surface area contributed by atoms with E-state index in [1.54, 1.807) is 12.1 Å². The summed E-state index contributed by atoms with van der Waals surface area (Å²) in [4.78, 5) is 56.5. The SMILES string of the molecule is COc1ccc(C)cc1NC(=O)C(C(=O)C1(C)CCCCC1)N1C(=O)CN(Cc2ccccc2)C1=O. The van der Waals surface area contributed by atoms with Gasteiger partial charge in [-0.3, -0.25) is 14.4 Å². The van der Waals surface area contributed by atoms with Gasteiger partial charge in [0.05, 0.1) is 12.8 Å². The summed E-state index contributed by atoms with van der Waals surface area (Å²) < 4.78 is 5.37. The normalized spacial score (nSPS) is 18.2. The van der Waals surface area contributed by atoms with Crippen molar-refractivity contribution < 1.29 is 23.9 Å². The van der Waals surface area contributed by atoms with Gasteiger partial charge in [0.25, 0.3) is 11.8 Å². The van der Waals surface area contributed by atoms with Gasteiger partial charge < -0.3 is 15.0 Å². The number of carbonyl (C=O) groups is 4. The van der Waals surface area contributed by atoms with Gasteiger partial charge in [-0.1, -0.05) is 62.6 Å². The molecule has 1 N–H and O–H groups in total. The predicted octanol–water partition coefficient (Wildman–Crippen LogP) is 4.31. The molecule has 190 valence electrons. The van der Waals surface area contributed by atoms with Crippen molar-refractivity contribution in [1.29, 1.82) is 0 Å². The van der Waals surface area contributed by atoms with Crippen molar-refractivity contribution in [2.45, 2.75) is 58.5 Å². The second kappa shape index (κ2) is 10.5. The predicted molar refractivity (Wildman–Crippen MR) is 135 cm³/mol. The van der Waals surface area contributed by atoms with Crippen LogP contribution in [-0.4, -0.2) is 53.1 Å². The van der Waals surface area contributed by atoms with Crippen molar-refractivity contribution in [2.24, 2.45) is 5.41 Å². The molecule has 1 saturated carbocycles. The van der Waals surface area contributed by atoms with Gasteiger partial charge in [0.2, 0.25) is 0 Å². The van der Waals surface area contributed by atoms with Crippen LogP contribution in [0.25, 0.3) is 0 Å². The first-order valence-corrected chi connectivity index (χ1v) is 12.4. The average Bonchev–Trinajstić information content (AvgIpc) is 3.13. The van der Waals surface area contributed by atoms with E-state index in [9.17, 15) is 19.2 Å². The fraction of sp³-hybridized carbons (Fsp3) is 0.429. The minimum absolute atomic E-state index is 0.185. The first kappa shape index (κ1) is 25.4. The average molecular weight is 492 g/mol. The van der Waals surface area contributed by atoms with E-state index in [0.29, 0.717) is 24.3 Å². The molecule has 4 amide bonds. The van der Waals surface area contributed by atoms with Crippen LogP contribution in [0.5, 0.6) is 5.75 Å². The highest BCUT2D eigenvalue weighted by atomic mass is 16.5. The van der Waals surface area contributed by atoms with Gasteiger partial charge >= 0.3 is 6.03 Å². The van der Waals surface area contributed by atoms with Crippen molar-refractivity contribution in [3.63, 3.8) is 0 Å². The summed E-state index contributed by atoms with van der Waals surface area (Å²) in [6, 6.07) is 12.4. The summed E-state index contributed by atoms with van der Waals surface area (Å²) in [6.45, 7) is 3.74. The Bertz CT molecular complexity index is 1160. The molecule has 0 radical (unpaired) electrons. The zero-order valence-electron chi connectivity index (χ0n) is 21.1. The standard InChI is InChI=1S/C28H33N3O5/c1-19-12-13-22(36-3)21(16-19)29-26(34)24(25(33)28(2)14-8-5-9-15-28)31-23(32)18-30(27(31)35)17-20-10-6-4-7-11-20/h4,6-7,10-13,16,24H,5,8-9,14-15,17-18H2,1-3H3,(H,29,34). The van der Waals surface area contributed by atoms with Crippen LogP contribution in [0.4, 0.5) is 10.5 Å². The monoisotopic (exact) mass is 491 g/mol. The molecular weight excluding hydrogens is 458 g/mol. The number of rotatable bonds is 8. The maximum Gasteiger partial charge on any atom is 0.328 e. The topological polar surface area (TPSA) is 96.0 Å². The minimum Gasteiger partial charge on any atom is -0.495 e. The van der Waals surface area contributed by atoms with E-state index >= 15 is 0 Å². The number of Topliss-reactive ketones (excluding diaryl/α,β-unsaturated/α-hetero) is 1. The summed E-state index contributed by atoms with van der Waals surface area (Å²) in [5.74, 6) is -1.23. The third kappa shape index (κ3) is 5.12. The highest BCUT2D eigenvalue weighted by Crippen LogP contribution is 2.39. The van der Waals surface area contributed by atoms with E-state index in [4.69, 9.17) is 4.74 Å². The number of methoxy groups -OCH3 is 1. The molecule has 8 heteroatoms. The van der Waals surface area contributed by atoms with Crippen LogP contribution in [0.15, 0.2) is 48.5 Å². The Morgan fingerprint density at radius 2 is 1.75 bits per heavy atom. The van der Waals surface area contributed by atoms with Crippen molar-refractivity contribution in [1.82, 2.24) is 9.80 Å². The Kier molecular flexibility index (Phi) is 7.43.